The van der Waals surface area contributed by atoms with Crippen molar-refractivity contribution < 1.29 is 0 Å². The Labute approximate surface area is 98.3 Å². The van der Waals surface area contributed by atoms with Crippen LogP contribution in [0.15, 0.2) is 6.33 Å². The summed E-state index contributed by atoms with van der Waals surface area (Å²) in [5.41, 5.74) is 0. The molecular formula is C13H23N3. The van der Waals surface area contributed by atoms with E-state index in [1.807, 2.05) is 6.33 Å². The predicted octanol–water partition coefficient (Wildman–Crippen LogP) is 3.23. The van der Waals surface area contributed by atoms with E-state index in [4.69, 9.17) is 0 Å². The lowest BCUT2D eigenvalue weighted by atomic mass is 9.82. The van der Waals surface area contributed by atoms with Gasteiger partial charge in [-0.25, -0.2) is 0 Å². The van der Waals surface area contributed by atoms with Gasteiger partial charge in [-0.15, -0.1) is 10.2 Å². The molecule has 1 aliphatic rings. The molecule has 16 heavy (non-hydrogen) atoms. The van der Waals surface area contributed by atoms with E-state index in [1.54, 1.807) is 0 Å². The summed E-state index contributed by atoms with van der Waals surface area (Å²) in [6, 6.07) is 0. The van der Waals surface area contributed by atoms with Crippen molar-refractivity contribution in [2.75, 3.05) is 0 Å². The average Bonchev–Trinajstić information content (AvgIpc) is 2.66. The van der Waals surface area contributed by atoms with Gasteiger partial charge in [0.2, 0.25) is 0 Å². The molecule has 2 rings (SSSR count). The molecule has 1 saturated carbocycles. The van der Waals surface area contributed by atoms with Crippen LogP contribution in [-0.4, -0.2) is 14.8 Å². The maximum Gasteiger partial charge on any atom is 0.135 e. The Balaban J connectivity index is 2.05. The Hall–Kier alpha value is -0.860. The van der Waals surface area contributed by atoms with Crippen LogP contribution in [0.3, 0.4) is 0 Å². The summed E-state index contributed by atoms with van der Waals surface area (Å²) >= 11 is 0. The SMILES string of the molecule is CC(C)Cn1cnnc1C1CCC(C)CC1. The molecule has 0 radical (unpaired) electrons. The second-order valence-electron chi connectivity index (χ2n) is 5.69. The normalized spacial score (nSPS) is 26.2. The lowest BCUT2D eigenvalue weighted by molar-refractivity contribution is 0.330. The molecule has 1 fully saturated rings. The van der Waals surface area contributed by atoms with Crippen molar-refractivity contribution in [2.45, 2.75) is 58.9 Å². The first-order valence-electron chi connectivity index (χ1n) is 6.54. The molecule has 3 heteroatoms. The quantitative estimate of drug-likeness (QED) is 0.784. The molecule has 0 atom stereocenters. The van der Waals surface area contributed by atoms with E-state index in [0.717, 1.165) is 12.5 Å². The summed E-state index contributed by atoms with van der Waals surface area (Å²) in [7, 11) is 0. The minimum absolute atomic E-state index is 0.650. The first-order valence-corrected chi connectivity index (χ1v) is 6.54. The molecule has 1 aromatic rings. The van der Waals surface area contributed by atoms with Gasteiger partial charge in [-0.3, -0.25) is 0 Å². The first kappa shape index (κ1) is 11.6. The van der Waals surface area contributed by atoms with Gasteiger partial charge in [0.15, 0.2) is 0 Å². The first-order chi connectivity index (χ1) is 7.66. The third kappa shape index (κ3) is 2.63. The maximum atomic E-state index is 4.33. The van der Waals surface area contributed by atoms with Crippen LogP contribution in [0.2, 0.25) is 0 Å². The molecule has 1 heterocycles. The van der Waals surface area contributed by atoms with E-state index in [-0.39, 0.29) is 0 Å². The molecule has 0 aromatic carbocycles. The predicted molar refractivity (Wildman–Crippen MR) is 65.2 cm³/mol. The Kier molecular flexibility index (Phi) is 3.62. The van der Waals surface area contributed by atoms with Crippen LogP contribution in [0.25, 0.3) is 0 Å². The zero-order valence-electron chi connectivity index (χ0n) is 10.7. The van der Waals surface area contributed by atoms with Gasteiger partial charge in [0, 0.05) is 12.5 Å². The monoisotopic (exact) mass is 221 g/mol. The van der Waals surface area contributed by atoms with E-state index in [9.17, 15) is 0 Å². The fraction of sp³-hybridized carbons (Fsp3) is 0.846. The van der Waals surface area contributed by atoms with Gasteiger partial charge < -0.3 is 4.57 Å². The van der Waals surface area contributed by atoms with Crippen molar-refractivity contribution in [3.8, 4) is 0 Å². The Morgan fingerprint density at radius 3 is 2.62 bits per heavy atom. The molecule has 0 amide bonds. The lowest BCUT2D eigenvalue weighted by Gasteiger charge is -2.26. The van der Waals surface area contributed by atoms with Gasteiger partial charge in [0.05, 0.1) is 0 Å². The molecule has 0 aliphatic heterocycles. The van der Waals surface area contributed by atoms with E-state index in [0.29, 0.717) is 11.8 Å². The maximum absolute atomic E-state index is 4.33. The largest absolute Gasteiger partial charge is 0.317 e. The molecule has 90 valence electrons. The zero-order valence-corrected chi connectivity index (χ0v) is 10.7. The van der Waals surface area contributed by atoms with Crippen molar-refractivity contribution in [1.82, 2.24) is 14.8 Å². The number of aromatic nitrogens is 3. The fourth-order valence-corrected chi connectivity index (χ4v) is 2.63. The average molecular weight is 221 g/mol. The van der Waals surface area contributed by atoms with Crippen molar-refractivity contribution in [2.24, 2.45) is 11.8 Å². The van der Waals surface area contributed by atoms with Crippen molar-refractivity contribution in [3.05, 3.63) is 12.2 Å². The number of rotatable bonds is 3. The highest BCUT2D eigenvalue weighted by atomic mass is 15.3. The topological polar surface area (TPSA) is 30.7 Å². The minimum atomic E-state index is 0.650. The number of nitrogens with zero attached hydrogens (tertiary/aromatic N) is 3. The van der Waals surface area contributed by atoms with Gasteiger partial charge in [0.1, 0.15) is 12.2 Å². The number of hydrogen-bond acceptors (Lipinski definition) is 2. The van der Waals surface area contributed by atoms with Crippen LogP contribution >= 0.6 is 0 Å². The Bertz CT molecular complexity index is 322. The highest BCUT2D eigenvalue weighted by Crippen LogP contribution is 2.34. The highest BCUT2D eigenvalue weighted by Gasteiger charge is 2.23. The number of hydrogen-bond donors (Lipinski definition) is 0. The van der Waals surface area contributed by atoms with Gasteiger partial charge >= 0.3 is 0 Å². The molecule has 0 bridgehead atoms. The minimum Gasteiger partial charge on any atom is -0.317 e. The van der Waals surface area contributed by atoms with E-state index in [1.165, 1.54) is 31.5 Å². The van der Waals surface area contributed by atoms with E-state index >= 15 is 0 Å². The van der Waals surface area contributed by atoms with Crippen LogP contribution in [0.5, 0.6) is 0 Å². The summed E-state index contributed by atoms with van der Waals surface area (Å²) in [5, 5.41) is 8.41. The third-order valence-corrected chi connectivity index (χ3v) is 3.59. The molecular weight excluding hydrogens is 198 g/mol. The molecule has 0 unspecified atom stereocenters. The van der Waals surface area contributed by atoms with E-state index in [2.05, 4.69) is 35.5 Å². The van der Waals surface area contributed by atoms with Crippen molar-refractivity contribution in [1.29, 1.82) is 0 Å². The summed E-state index contributed by atoms with van der Waals surface area (Å²) in [6.45, 7) is 7.89. The Morgan fingerprint density at radius 1 is 1.31 bits per heavy atom. The van der Waals surface area contributed by atoms with Crippen LogP contribution in [0, 0.1) is 11.8 Å². The smallest absolute Gasteiger partial charge is 0.135 e. The van der Waals surface area contributed by atoms with Crippen LogP contribution < -0.4 is 0 Å². The van der Waals surface area contributed by atoms with Gasteiger partial charge in [-0.1, -0.05) is 33.6 Å². The molecule has 1 aliphatic carbocycles. The molecule has 0 saturated heterocycles. The summed E-state index contributed by atoms with van der Waals surface area (Å²) in [6.07, 6.45) is 7.17. The van der Waals surface area contributed by atoms with E-state index < -0.39 is 0 Å². The van der Waals surface area contributed by atoms with Gasteiger partial charge in [0.25, 0.3) is 0 Å². The molecule has 0 N–H and O–H groups in total. The van der Waals surface area contributed by atoms with Gasteiger partial charge in [-0.2, -0.15) is 0 Å². The van der Waals surface area contributed by atoms with Gasteiger partial charge in [-0.05, 0) is 24.7 Å². The van der Waals surface area contributed by atoms with Crippen LogP contribution in [0.1, 0.15) is 58.2 Å². The second-order valence-corrected chi connectivity index (χ2v) is 5.69. The fourth-order valence-electron chi connectivity index (χ4n) is 2.63. The lowest BCUT2D eigenvalue weighted by Crippen LogP contribution is -2.16. The van der Waals surface area contributed by atoms with Crippen molar-refractivity contribution >= 4 is 0 Å². The standard InChI is InChI=1S/C13H23N3/c1-10(2)8-16-9-14-15-13(16)12-6-4-11(3)5-7-12/h9-12H,4-8H2,1-3H3. The molecule has 1 aromatic heterocycles. The summed E-state index contributed by atoms with van der Waals surface area (Å²) in [5.74, 6) is 3.44. The second kappa shape index (κ2) is 4.98. The van der Waals surface area contributed by atoms with Crippen LogP contribution in [0.4, 0.5) is 0 Å². The van der Waals surface area contributed by atoms with Crippen molar-refractivity contribution in [3.63, 3.8) is 0 Å². The Morgan fingerprint density at radius 2 is 2.00 bits per heavy atom. The third-order valence-electron chi connectivity index (χ3n) is 3.59. The highest BCUT2D eigenvalue weighted by molar-refractivity contribution is 4.98. The van der Waals surface area contributed by atoms with Crippen LogP contribution in [-0.2, 0) is 6.54 Å². The molecule has 3 nitrogen and oxygen atoms in total. The summed E-state index contributed by atoms with van der Waals surface area (Å²) < 4.78 is 2.26. The zero-order chi connectivity index (χ0) is 11.5. The summed E-state index contributed by atoms with van der Waals surface area (Å²) in [4.78, 5) is 0. The molecule has 0 spiro atoms.